The Hall–Kier alpha value is -1.79. The fourth-order valence-electron chi connectivity index (χ4n) is 1.26. The molecule has 0 aliphatic carbocycles. The van der Waals surface area contributed by atoms with Gasteiger partial charge in [-0.2, -0.15) is 13.2 Å². The van der Waals surface area contributed by atoms with Crippen LogP contribution in [0.5, 0.6) is 5.88 Å². The van der Waals surface area contributed by atoms with Crippen LogP contribution in [0.3, 0.4) is 0 Å². The number of halogens is 3. The Kier molecular flexibility index (Phi) is 4.15. The van der Waals surface area contributed by atoms with Crippen LogP contribution in [0.25, 0.3) is 0 Å². The van der Waals surface area contributed by atoms with Crippen molar-refractivity contribution in [2.24, 2.45) is 0 Å². The molecule has 0 radical (unpaired) electrons. The van der Waals surface area contributed by atoms with Gasteiger partial charge in [0.15, 0.2) is 0 Å². The summed E-state index contributed by atoms with van der Waals surface area (Å²) in [6.45, 7) is 2.31. The quantitative estimate of drug-likeness (QED) is 0.785. The summed E-state index contributed by atoms with van der Waals surface area (Å²) in [5.41, 5.74) is -1.69. The molecule has 0 atom stereocenters. The van der Waals surface area contributed by atoms with Crippen molar-refractivity contribution in [3.8, 4) is 5.88 Å². The number of pyridine rings is 1. The topological polar surface area (TPSA) is 48.4 Å². The molecular formula is C11H12F3NO3. The molecule has 0 amide bonds. The van der Waals surface area contributed by atoms with Gasteiger partial charge in [-0.05, 0) is 19.9 Å². The highest BCUT2D eigenvalue weighted by Gasteiger charge is 2.39. The van der Waals surface area contributed by atoms with Crippen LogP contribution < -0.4 is 4.74 Å². The summed E-state index contributed by atoms with van der Waals surface area (Å²) in [4.78, 5) is 14.9. The zero-order valence-electron chi connectivity index (χ0n) is 9.82. The van der Waals surface area contributed by atoms with Crippen LogP contribution in [-0.2, 0) is 4.74 Å². The van der Waals surface area contributed by atoms with E-state index in [2.05, 4.69) is 14.5 Å². The lowest BCUT2D eigenvalue weighted by Gasteiger charge is -2.25. The molecule has 7 heteroatoms. The molecule has 4 nitrogen and oxygen atoms in total. The number of rotatable bonds is 3. The Morgan fingerprint density at radius 2 is 2.00 bits per heavy atom. The Morgan fingerprint density at radius 1 is 1.33 bits per heavy atom. The number of ether oxygens (including phenoxy) is 2. The smallest absolute Gasteiger partial charge is 0.428 e. The summed E-state index contributed by atoms with van der Waals surface area (Å²) in [5, 5.41) is 0. The maximum absolute atomic E-state index is 12.2. The van der Waals surface area contributed by atoms with Crippen molar-refractivity contribution in [1.29, 1.82) is 0 Å². The average Bonchev–Trinajstić information content (AvgIpc) is 2.13. The molecule has 1 aromatic heterocycles. The second kappa shape index (κ2) is 5.24. The van der Waals surface area contributed by atoms with Crippen molar-refractivity contribution in [1.82, 2.24) is 4.98 Å². The molecule has 1 aromatic rings. The van der Waals surface area contributed by atoms with E-state index in [0.29, 0.717) is 0 Å². The van der Waals surface area contributed by atoms with Gasteiger partial charge in [0.1, 0.15) is 5.60 Å². The molecule has 18 heavy (non-hydrogen) atoms. The van der Waals surface area contributed by atoms with Crippen molar-refractivity contribution in [2.75, 3.05) is 0 Å². The Balaban J connectivity index is 2.54. The molecule has 0 fully saturated rings. The lowest BCUT2D eigenvalue weighted by molar-refractivity contribution is -0.170. The molecule has 0 unspecified atom stereocenters. The third-order valence-electron chi connectivity index (χ3n) is 1.81. The fraction of sp³-hybridized carbons (Fsp3) is 0.455. The lowest BCUT2D eigenvalue weighted by Crippen LogP contribution is -2.34. The first kappa shape index (κ1) is 14.3. The molecule has 0 N–H and O–H groups in total. The number of alkyl halides is 3. The van der Waals surface area contributed by atoms with Crippen LogP contribution in [0.2, 0.25) is 0 Å². The van der Waals surface area contributed by atoms with Gasteiger partial charge in [0.25, 0.3) is 0 Å². The summed E-state index contributed by atoms with van der Waals surface area (Å²) in [7, 11) is 0. The zero-order chi connectivity index (χ0) is 13.8. The predicted molar refractivity (Wildman–Crippen MR) is 56.1 cm³/mol. The molecule has 100 valence electrons. The van der Waals surface area contributed by atoms with E-state index in [1.165, 1.54) is 12.3 Å². The van der Waals surface area contributed by atoms with Crippen LogP contribution >= 0.6 is 0 Å². The largest absolute Gasteiger partial charge is 0.515 e. The zero-order valence-corrected chi connectivity index (χ0v) is 9.82. The van der Waals surface area contributed by atoms with E-state index >= 15 is 0 Å². The van der Waals surface area contributed by atoms with Gasteiger partial charge in [0.05, 0.1) is 6.42 Å². The average molecular weight is 263 g/mol. The van der Waals surface area contributed by atoms with Gasteiger partial charge in [-0.1, -0.05) is 6.07 Å². The molecule has 1 heterocycles. The van der Waals surface area contributed by atoms with Crippen molar-refractivity contribution in [3.05, 3.63) is 24.4 Å². The SMILES string of the molecule is CC(C)(CC(F)(F)F)OC(=O)Oc1ccccn1. The molecule has 0 saturated heterocycles. The van der Waals surface area contributed by atoms with E-state index in [4.69, 9.17) is 0 Å². The van der Waals surface area contributed by atoms with E-state index in [-0.39, 0.29) is 5.88 Å². The number of aromatic nitrogens is 1. The number of nitrogens with zero attached hydrogens (tertiary/aromatic N) is 1. The predicted octanol–water partition coefficient (Wildman–Crippen LogP) is 3.33. The molecule has 1 rings (SSSR count). The monoisotopic (exact) mass is 263 g/mol. The third-order valence-corrected chi connectivity index (χ3v) is 1.81. The van der Waals surface area contributed by atoms with Gasteiger partial charge in [-0.15, -0.1) is 0 Å². The number of hydrogen-bond acceptors (Lipinski definition) is 4. The first-order valence-corrected chi connectivity index (χ1v) is 5.07. The van der Waals surface area contributed by atoms with Crippen molar-refractivity contribution < 1.29 is 27.4 Å². The molecule has 0 aromatic carbocycles. The molecule has 0 spiro atoms. The highest BCUT2D eigenvalue weighted by Crippen LogP contribution is 2.29. The second-order valence-corrected chi connectivity index (χ2v) is 4.17. The first-order chi connectivity index (χ1) is 8.18. The van der Waals surface area contributed by atoms with E-state index in [1.807, 2.05) is 0 Å². The van der Waals surface area contributed by atoms with E-state index in [0.717, 1.165) is 13.8 Å². The Labute approximate surface area is 102 Å². The summed E-state index contributed by atoms with van der Waals surface area (Å²) in [5.74, 6) is -0.0368. The number of carbonyl (C=O) groups is 1. The minimum atomic E-state index is -4.42. The number of carbonyl (C=O) groups excluding carboxylic acids is 1. The summed E-state index contributed by atoms with van der Waals surface area (Å²) >= 11 is 0. The highest BCUT2D eigenvalue weighted by molar-refractivity contribution is 5.63. The normalized spacial score (nSPS) is 12.1. The summed E-state index contributed by atoms with van der Waals surface area (Å²) in [6.07, 6.45) is -5.52. The van der Waals surface area contributed by atoms with Crippen molar-refractivity contribution >= 4 is 6.16 Å². The molecular weight excluding hydrogens is 251 g/mol. The van der Waals surface area contributed by atoms with E-state index < -0.39 is 24.4 Å². The van der Waals surface area contributed by atoms with Crippen LogP contribution in [-0.4, -0.2) is 22.9 Å². The van der Waals surface area contributed by atoms with Crippen LogP contribution in [0.1, 0.15) is 20.3 Å². The molecule has 0 saturated carbocycles. The van der Waals surface area contributed by atoms with Crippen LogP contribution in [0, 0.1) is 0 Å². The Bertz CT molecular complexity index is 404. The standard InChI is InChI=1S/C11H12F3NO3/c1-10(2,7-11(12,13)14)18-9(16)17-8-5-3-4-6-15-8/h3-6H,7H2,1-2H3. The minimum absolute atomic E-state index is 0.0368. The summed E-state index contributed by atoms with van der Waals surface area (Å²) < 4.78 is 45.8. The molecule has 0 aliphatic rings. The first-order valence-electron chi connectivity index (χ1n) is 5.07. The van der Waals surface area contributed by atoms with Crippen molar-refractivity contribution in [2.45, 2.75) is 32.0 Å². The summed E-state index contributed by atoms with van der Waals surface area (Å²) in [6, 6.07) is 4.56. The Morgan fingerprint density at radius 3 is 2.50 bits per heavy atom. The van der Waals surface area contributed by atoms with Crippen LogP contribution in [0.4, 0.5) is 18.0 Å². The lowest BCUT2D eigenvalue weighted by atomic mass is 10.1. The van der Waals surface area contributed by atoms with Gasteiger partial charge in [0, 0.05) is 12.3 Å². The van der Waals surface area contributed by atoms with E-state index in [9.17, 15) is 18.0 Å². The third kappa shape index (κ3) is 5.51. The molecule has 0 bridgehead atoms. The second-order valence-electron chi connectivity index (χ2n) is 4.17. The van der Waals surface area contributed by atoms with Gasteiger partial charge < -0.3 is 9.47 Å². The van der Waals surface area contributed by atoms with Gasteiger partial charge in [-0.25, -0.2) is 9.78 Å². The van der Waals surface area contributed by atoms with Crippen LogP contribution in [0.15, 0.2) is 24.4 Å². The molecule has 0 aliphatic heterocycles. The van der Waals surface area contributed by atoms with Crippen molar-refractivity contribution in [3.63, 3.8) is 0 Å². The van der Waals surface area contributed by atoms with E-state index in [1.54, 1.807) is 12.1 Å². The fourth-order valence-corrected chi connectivity index (χ4v) is 1.26. The number of hydrogen-bond donors (Lipinski definition) is 0. The highest BCUT2D eigenvalue weighted by atomic mass is 19.4. The van der Waals surface area contributed by atoms with Gasteiger partial charge in [0.2, 0.25) is 5.88 Å². The maximum atomic E-state index is 12.2. The minimum Gasteiger partial charge on any atom is -0.428 e. The van der Waals surface area contributed by atoms with Gasteiger partial charge in [-0.3, -0.25) is 0 Å². The maximum Gasteiger partial charge on any atom is 0.515 e. The van der Waals surface area contributed by atoms with Gasteiger partial charge >= 0.3 is 12.3 Å².